The Hall–Kier alpha value is -3.48. The van der Waals surface area contributed by atoms with E-state index >= 15 is 0 Å². The minimum atomic E-state index is -0.373. The molecule has 0 atom stereocenters. The molecule has 148 valence electrons. The monoisotopic (exact) mass is 385 g/mol. The Morgan fingerprint density at radius 2 is 1.54 bits per heavy atom. The number of hydrogen-bond acceptors (Lipinski definition) is 7. The van der Waals surface area contributed by atoms with Gasteiger partial charge in [-0.25, -0.2) is 4.79 Å². The van der Waals surface area contributed by atoms with Crippen LogP contribution in [0.1, 0.15) is 27.6 Å². The van der Waals surface area contributed by atoms with Crippen molar-refractivity contribution in [3.05, 3.63) is 59.8 Å². The van der Waals surface area contributed by atoms with Gasteiger partial charge >= 0.3 is 5.97 Å². The number of methoxy groups -OCH3 is 3. The number of ether oxygens (including phenoxy) is 4. The molecule has 1 N–H and O–H groups in total. The zero-order valence-corrected chi connectivity index (χ0v) is 16.3. The standard InChI is InChI=1S/C21H23NO6/c1-5-28-21(24)14-6-8-16(9-7-14)22-11-10-17(23)15-12-18(25-2)20(27-4)19(13-15)26-3/h6-13,22H,5H2,1-4H3/b11-10+. The third-order valence-electron chi connectivity index (χ3n) is 3.83. The van der Waals surface area contributed by atoms with Crippen LogP contribution in [0.15, 0.2) is 48.7 Å². The highest BCUT2D eigenvalue weighted by atomic mass is 16.5. The number of benzene rings is 2. The van der Waals surface area contributed by atoms with Crippen LogP contribution >= 0.6 is 0 Å². The van der Waals surface area contributed by atoms with Gasteiger partial charge in [0, 0.05) is 23.5 Å². The molecule has 2 rings (SSSR count). The van der Waals surface area contributed by atoms with Crippen molar-refractivity contribution in [2.75, 3.05) is 33.3 Å². The van der Waals surface area contributed by atoms with E-state index in [9.17, 15) is 9.59 Å². The van der Waals surface area contributed by atoms with E-state index in [0.29, 0.717) is 35.0 Å². The van der Waals surface area contributed by atoms with Gasteiger partial charge in [-0.3, -0.25) is 4.79 Å². The van der Waals surface area contributed by atoms with E-state index < -0.39 is 0 Å². The first-order valence-corrected chi connectivity index (χ1v) is 8.58. The smallest absolute Gasteiger partial charge is 0.338 e. The zero-order valence-electron chi connectivity index (χ0n) is 16.3. The first-order chi connectivity index (χ1) is 13.5. The molecule has 0 aliphatic carbocycles. The van der Waals surface area contributed by atoms with E-state index in [1.165, 1.54) is 33.6 Å². The van der Waals surface area contributed by atoms with E-state index in [4.69, 9.17) is 18.9 Å². The summed E-state index contributed by atoms with van der Waals surface area (Å²) in [6.45, 7) is 2.08. The summed E-state index contributed by atoms with van der Waals surface area (Å²) in [5.41, 5.74) is 1.58. The van der Waals surface area contributed by atoms with Crippen LogP contribution in [0.25, 0.3) is 0 Å². The largest absolute Gasteiger partial charge is 0.493 e. The second-order valence-corrected chi connectivity index (χ2v) is 5.55. The lowest BCUT2D eigenvalue weighted by atomic mass is 10.1. The van der Waals surface area contributed by atoms with Gasteiger partial charge in [0.05, 0.1) is 33.5 Å². The lowest BCUT2D eigenvalue weighted by molar-refractivity contribution is 0.0526. The minimum Gasteiger partial charge on any atom is -0.493 e. The lowest BCUT2D eigenvalue weighted by Crippen LogP contribution is -2.04. The van der Waals surface area contributed by atoms with Gasteiger partial charge in [-0.15, -0.1) is 0 Å². The summed E-state index contributed by atoms with van der Waals surface area (Å²) in [7, 11) is 4.48. The van der Waals surface area contributed by atoms with E-state index in [0.717, 1.165) is 5.69 Å². The van der Waals surface area contributed by atoms with E-state index in [-0.39, 0.29) is 11.8 Å². The van der Waals surface area contributed by atoms with Crippen molar-refractivity contribution >= 4 is 17.4 Å². The van der Waals surface area contributed by atoms with Gasteiger partial charge in [-0.1, -0.05) is 0 Å². The highest BCUT2D eigenvalue weighted by molar-refractivity contribution is 6.05. The number of anilines is 1. The summed E-state index contributed by atoms with van der Waals surface area (Å²) >= 11 is 0. The van der Waals surface area contributed by atoms with Crippen LogP contribution in [0.4, 0.5) is 5.69 Å². The fourth-order valence-corrected chi connectivity index (χ4v) is 2.45. The maximum Gasteiger partial charge on any atom is 0.338 e. The van der Waals surface area contributed by atoms with Crippen molar-refractivity contribution in [3.8, 4) is 17.2 Å². The SMILES string of the molecule is CCOC(=O)c1ccc(N/C=C/C(=O)c2cc(OC)c(OC)c(OC)c2)cc1. The van der Waals surface area contributed by atoms with Crippen molar-refractivity contribution in [1.29, 1.82) is 0 Å². The fraction of sp³-hybridized carbons (Fsp3) is 0.238. The predicted octanol–water partition coefficient (Wildman–Crippen LogP) is 3.70. The first-order valence-electron chi connectivity index (χ1n) is 8.58. The minimum absolute atomic E-state index is 0.241. The number of allylic oxidation sites excluding steroid dienone is 1. The number of hydrogen-bond donors (Lipinski definition) is 1. The summed E-state index contributed by atoms with van der Waals surface area (Å²) in [5, 5.41) is 2.98. The van der Waals surface area contributed by atoms with Gasteiger partial charge in [0.15, 0.2) is 17.3 Å². The highest BCUT2D eigenvalue weighted by Crippen LogP contribution is 2.38. The molecular formula is C21H23NO6. The molecule has 0 bridgehead atoms. The van der Waals surface area contributed by atoms with Crippen LogP contribution in [0.5, 0.6) is 17.2 Å². The van der Waals surface area contributed by atoms with E-state index in [1.807, 2.05) is 0 Å². The molecule has 0 amide bonds. The molecule has 0 spiro atoms. The Labute approximate surface area is 163 Å². The third-order valence-corrected chi connectivity index (χ3v) is 3.83. The summed E-state index contributed by atoms with van der Waals surface area (Å²) in [4.78, 5) is 24.1. The summed E-state index contributed by atoms with van der Waals surface area (Å²) in [5.74, 6) is 0.615. The number of nitrogens with one attached hydrogen (secondary N) is 1. The summed E-state index contributed by atoms with van der Waals surface area (Å²) in [6, 6.07) is 9.91. The van der Waals surface area contributed by atoms with Crippen molar-refractivity contribution < 1.29 is 28.5 Å². The molecule has 28 heavy (non-hydrogen) atoms. The molecule has 2 aromatic carbocycles. The molecule has 0 radical (unpaired) electrons. The molecule has 7 nitrogen and oxygen atoms in total. The second-order valence-electron chi connectivity index (χ2n) is 5.55. The average molecular weight is 385 g/mol. The molecule has 0 unspecified atom stereocenters. The number of carbonyl (C=O) groups excluding carboxylic acids is 2. The molecule has 0 saturated heterocycles. The first kappa shape index (κ1) is 20.8. The Kier molecular flexibility index (Phi) is 7.45. The van der Waals surface area contributed by atoms with E-state index in [1.54, 1.807) is 43.3 Å². The topological polar surface area (TPSA) is 83.1 Å². The molecule has 0 heterocycles. The van der Waals surface area contributed by atoms with Gasteiger partial charge in [-0.05, 0) is 43.3 Å². The average Bonchev–Trinajstić information content (AvgIpc) is 2.73. The molecule has 0 aliphatic heterocycles. The fourth-order valence-electron chi connectivity index (χ4n) is 2.45. The van der Waals surface area contributed by atoms with Crippen LogP contribution in [0.2, 0.25) is 0 Å². The van der Waals surface area contributed by atoms with Crippen LogP contribution in [0.3, 0.4) is 0 Å². The molecule has 0 aromatic heterocycles. The normalized spacial score (nSPS) is 10.4. The maximum atomic E-state index is 12.4. The molecule has 2 aromatic rings. The van der Waals surface area contributed by atoms with Gasteiger partial charge in [0.1, 0.15) is 0 Å². The van der Waals surface area contributed by atoms with Gasteiger partial charge < -0.3 is 24.3 Å². The van der Waals surface area contributed by atoms with Crippen LogP contribution in [0, 0.1) is 0 Å². The van der Waals surface area contributed by atoms with Crippen molar-refractivity contribution in [1.82, 2.24) is 0 Å². The zero-order chi connectivity index (χ0) is 20.5. The molecule has 7 heteroatoms. The second kappa shape index (κ2) is 10.0. The number of rotatable bonds is 9. The maximum absolute atomic E-state index is 12.4. The Morgan fingerprint density at radius 1 is 0.929 bits per heavy atom. The Balaban J connectivity index is 2.08. The van der Waals surface area contributed by atoms with Crippen molar-refractivity contribution in [3.63, 3.8) is 0 Å². The number of ketones is 1. The summed E-state index contributed by atoms with van der Waals surface area (Å²) in [6.07, 6.45) is 2.91. The number of esters is 1. The predicted molar refractivity (Wildman–Crippen MR) is 106 cm³/mol. The van der Waals surface area contributed by atoms with Gasteiger partial charge in [0.2, 0.25) is 5.75 Å². The lowest BCUT2D eigenvalue weighted by Gasteiger charge is -2.13. The Morgan fingerprint density at radius 3 is 2.04 bits per heavy atom. The van der Waals surface area contributed by atoms with Crippen LogP contribution in [-0.4, -0.2) is 39.7 Å². The number of carbonyl (C=O) groups is 2. The molecular weight excluding hydrogens is 362 g/mol. The van der Waals surface area contributed by atoms with Crippen LogP contribution in [-0.2, 0) is 4.74 Å². The highest BCUT2D eigenvalue weighted by Gasteiger charge is 2.15. The van der Waals surface area contributed by atoms with E-state index in [2.05, 4.69) is 5.32 Å². The van der Waals surface area contributed by atoms with Crippen molar-refractivity contribution in [2.24, 2.45) is 0 Å². The van der Waals surface area contributed by atoms with Gasteiger partial charge in [0.25, 0.3) is 0 Å². The quantitative estimate of drug-likeness (QED) is 0.400. The third kappa shape index (κ3) is 5.03. The molecule has 0 saturated carbocycles. The Bertz CT molecular complexity index is 833. The summed E-state index contributed by atoms with van der Waals surface area (Å²) < 4.78 is 20.7. The van der Waals surface area contributed by atoms with Crippen molar-refractivity contribution in [2.45, 2.75) is 6.92 Å². The van der Waals surface area contributed by atoms with Gasteiger partial charge in [-0.2, -0.15) is 0 Å². The molecule has 0 aliphatic rings. The molecule has 0 fully saturated rings. The van der Waals surface area contributed by atoms with Crippen LogP contribution < -0.4 is 19.5 Å².